The highest BCUT2D eigenvalue weighted by Crippen LogP contribution is 2.44. The number of hydrogen-bond acceptors (Lipinski definition) is 5. The van der Waals surface area contributed by atoms with E-state index in [9.17, 15) is 14.4 Å². The number of ether oxygens (including phenoxy) is 2. The first-order valence-electron chi connectivity index (χ1n) is 11.0. The van der Waals surface area contributed by atoms with Crippen molar-refractivity contribution in [2.24, 2.45) is 5.92 Å². The fraction of sp³-hybridized carbons (Fsp3) is 0.346. The van der Waals surface area contributed by atoms with Crippen LogP contribution in [-0.2, 0) is 19.1 Å². The van der Waals surface area contributed by atoms with Gasteiger partial charge in [-0.3, -0.25) is 14.5 Å². The minimum Gasteiger partial charge on any atom is -0.460 e. The van der Waals surface area contributed by atoms with Crippen molar-refractivity contribution in [3.8, 4) is 11.1 Å². The molecule has 0 spiro atoms. The van der Waals surface area contributed by atoms with E-state index >= 15 is 0 Å². The molecular weight excluding hydrogens is 420 g/mol. The lowest BCUT2D eigenvalue weighted by Gasteiger charge is -2.29. The van der Waals surface area contributed by atoms with Crippen molar-refractivity contribution in [3.05, 3.63) is 72.3 Å². The maximum absolute atomic E-state index is 12.9. The molecule has 0 saturated heterocycles. The molecule has 1 aliphatic carbocycles. The van der Waals surface area contributed by atoms with Gasteiger partial charge in [-0.1, -0.05) is 75.0 Å². The van der Waals surface area contributed by atoms with Crippen LogP contribution >= 0.6 is 0 Å². The molecule has 1 N–H and O–H groups in total. The molecule has 0 aromatic heterocycles. The van der Waals surface area contributed by atoms with Gasteiger partial charge in [-0.25, -0.2) is 4.79 Å². The minimum absolute atomic E-state index is 0.0688. The van der Waals surface area contributed by atoms with Gasteiger partial charge in [0, 0.05) is 13.0 Å². The molecule has 7 heteroatoms. The minimum atomic E-state index is -0.798. The van der Waals surface area contributed by atoms with Crippen LogP contribution in [0.2, 0.25) is 0 Å². The number of esters is 1. The third-order valence-corrected chi connectivity index (χ3v) is 5.71. The molecule has 0 bridgehead atoms. The van der Waals surface area contributed by atoms with Gasteiger partial charge in [-0.15, -0.1) is 0 Å². The number of hydrogen-bond donors (Lipinski definition) is 1. The van der Waals surface area contributed by atoms with E-state index in [4.69, 9.17) is 9.47 Å². The Hall–Kier alpha value is -3.61. The lowest BCUT2D eigenvalue weighted by Crippen LogP contribution is -2.51. The summed E-state index contributed by atoms with van der Waals surface area (Å²) in [5.41, 5.74) is 4.52. The second-order valence-corrected chi connectivity index (χ2v) is 8.29. The van der Waals surface area contributed by atoms with Crippen LogP contribution in [0.15, 0.2) is 61.2 Å². The molecule has 1 atom stereocenters. The Morgan fingerprint density at radius 2 is 1.61 bits per heavy atom. The van der Waals surface area contributed by atoms with Crippen molar-refractivity contribution in [2.45, 2.75) is 25.8 Å². The Morgan fingerprint density at radius 1 is 1.03 bits per heavy atom. The highest BCUT2D eigenvalue weighted by Gasteiger charge is 2.33. The van der Waals surface area contributed by atoms with Crippen molar-refractivity contribution in [1.82, 2.24) is 10.2 Å². The number of benzene rings is 2. The van der Waals surface area contributed by atoms with E-state index in [0.29, 0.717) is 0 Å². The summed E-state index contributed by atoms with van der Waals surface area (Å²) in [6.07, 6.45) is 0.849. The zero-order valence-electron chi connectivity index (χ0n) is 19.2. The van der Waals surface area contributed by atoms with Crippen molar-refractivity contribution in [3.63, 3.8) is 0 Å². The van der Waals surface area contributed by atoms with Gasteiger partial charge in [0.25, 0.3) is 0 Å². The fourth-order valence-electron chi connectivity index (χ4n) is 4.20. The van der Waals surface area contributed by atoms with E-state index in [2.05, 4.69) is 24.0 Å². The quantitative estimate of drug-likeness (QED) is 0.465. The molecule has 0 radical (unpaired) electrons. The predicted molar refractivity (Wildman–Crippen MR) is 126 cm³/mol. The first-order valence-corrected chi connectivity index (χ1v) is 11.0. The van der Waals surface area contributed by atoms with Crippen molar-refractivity contribution < 1.29 is 23.9 Å². The number of likely N-dealkylation sites (N-methyl/N-ethyl adjacent to an activating group) is 1. The maximum atomic E-state index is 12.9. The molecular formula is C26H30N2O5. The van der Waals surface area contributed by atoms with Crippen LogP contribution in [0.5, 0.6) is 0 Å². The third kappa shape index (κ3) is 5.42. The maximum Gasteiger partial charge on any atom is 0.410 e. The topological polar surface area (TPSA) is 84.9 Å². The summed E-state index contributed by atoms with van der Waals surface area (Å²) in [4.78, 5) is 38.5. The molecule has 7 nitrogen and oxygen atoms in total. The van der Waals surface area contributed by atoms with Crippen LogP contribution in [0.1, 0.15) is 30.9 Å². The van der Waals surface area contributed by atoms with Crippen molar-refractivity contribution in [2.75, 3.05) is 26.8 Å². The summed E-state index contributed by atoms with van der Waals surface area (Å²) in [5.74, 6) is -1.29. The Balaban J connectivity index is 1.64. The van der Waals surface area contributed by atoms with Crippen LogP contribution in [0, 0.1) is 5.92 Å². The molecule has 0 heterocycles. The van der Waals surface area contributed by atoms with Gasteiger partial charge in [0.15, 0.2) is 0 Å². The smallest absolute Gasteiger partial charge is 0.410 e. The number of nitrogens with zero attached hydrogens (tertiary/aromatic N) is 1. The van der Waals surface area contributed by atoms with Gasteiger partial charge in [0.05, 0.1) is 0 Å². The van der Waals surface area contributed by atoms with E-state index in [0.717, 1.165) is 22.3 Å². The van der Waals surface area contributed by atoms with Crippen LogP contribution in [0.25, 0.3) is 11.1 Å². The van der Waals surface area contributed by atoms with E-state index in [1.165, 1.54) is 18.0 Å². The molecule has 1 unspecified atom stereocenters. The number of nitrogens with one attached hydrogen (secondary N) is 1. The summed E-state index contributed by atoms with van der Waals surface area (Å²) >= 11 is 0. The molecule has 0 fully saturated rings. The first-order chi connectivity index (χ1) is 15.8. The van der Waals surface area contributed by atoms with Gasteiger partial charge in [0.2, 0.25) is 5.91 Å². The molecule has 1 aliphatic rings. The first kappa shape index (κ1) is 24.0. The van der Waals surface area contributed by atoms with Crippen molar-refractivity contribution >= 4 is 18.0 Å². The third-order valence-electron chi connectivity index (χ3n) is 5.71. The van der Waals surface area contributed by atoms with E-state index in [1.807, 2.05) is 50.2 Å². The van der Waals surface area contributed by atoms with Crippen molar-refractivity contribution in [1.29, 1.82) is 0 Å². The molecule has 174 valence electrons. The monoisotopic (exact) mass is 450 g/mol. The van der Waals surface area contributed by atoms with E-state index in [-0.39, 0.29) is 31.6 Å². The summed E-state index contributed by atoms with van der Waals surface area (Å²) < 4.78 is 10.5. The zero-order valence-corrected chi connectivity index (χ0v) is 19.2. The molecule has 2 aromatic rings. The Labute approximate surface area is 194 Å². The molecule has 0 saturated carbocycles. The molecule has 2 amide bonds. The Bertz CT molecular complexity index is 987. The SMILES string of the molecule is C=CCOC(=O)CNC(=O)C(C(C)C)N(C)C(=O)OCC1c2ccccc2-c2ccccc21. The van der Waals surface area contributed by atoms with Crippen LogP contribution < -0.4 is 5.32 Å². The van der Waals surface area contributed by atoms with Gasteiger partial charge < -0.3 is 14.8 Å². The largest absolute Gasteiger partial charge is 0.460 e. The van der Waals surface area contributed by atoms with Gasteiger partial charge in [-0.2, -0.15) is 0 Å². The summed E-state index contributed by atoms with van der Waals surface area (Å²) in [6.45, 7) is 7.08. The highest BCUT2D eigenvalue weighted by molar-refractivity contribution is 5.88. The molecule has 33 heavy (non-hydrogen) atoms. The normalized spacial score (nSPS) is 13.0. The van der Waals surface area contributed by atoms with Crippen LogP contribution in [0.4, 0.5) is 4.79 Å². The van der Waals surface area contributed by atoms with Gasteiger partial charge >= 0.3 is 12.1 Å². The highest BCUT2D eigenvalue weighted by atomic mass is 16.6. The standard InChI is InChI=1S/C26H30N2O5/c1-5-14-32-23(29)15-27-25(30)24(17(2)3)28(4)26(31)33-16-22-20-12-8-6-10-18(20)19-11-7-9-13-21(19)22/h5-13,17,22,24H,1,14-16H2,2-4H3,(H,27,30). The second kappa shape index (κ2) is 10.8. The average molecular weight is 451 g/mol. The number of carbonyl (C=O) groups is 3. The fourth-order valence-corrected chi connectivity index (χ4v) is 4.20. The van der Waals surface area contributed by atoms with E-state index in [1.54, 1.807) is 0 Å². The van der Waals surface area contributed by atoms with Gasteiger partial charge in [0.1, 0.15) is 25.8 Å². The number of amides is 2. The predicted octanol–water partition coefficient (Wildman–Crippen LogP) is 3.74. The number of fused-ring (bicyclic) bond motifs is 3. The van der Waals surface area contributed by atoms with Crippen LogP contribution in [0.3, 0.4) is 0 Å². The second-order valence-electron chi connectivity index (χ2n) is 8.29. The Morgan fingerprint density at radius 3 is 2.15 bits per heavy atom. The molecule has 2 aromatic carbocycles. The Kier molecular flexibility index (Phi) is 7.87. The van der Waals surface area contributed by atoms with Crippen LogP contribution in [-0.4, -0.2) is 55.7 Å². The molecule has 0 aliphatic heterocycles. The van der Waals surface area contributed by atoms with Gasteiger partial charge in [-0.05, 0) is 28.2 Å². The summed E-state index contributed by atoms with van der Waals surface area (Å²) in [5, 5.41) is 2.53. The average Bonchev–Trinajstić information content (AvgIpc) is 3.13. The lowest BCUT2D eigenvalue weighted by molar-refractivity contribution is -0.143. The zero-order chi connectivity index (χ0) is 24.0. The summed E-state index contributed by atoms with van der Waals surface area (Å²) in [7, 11) is 1.53. The number of rotatable bonds is 9. The summed E-state index contributed by atoms with van der Waals surface area (Å²) in [6, 6.07) is 15.4. The van der Waals surface area contributed by atoms with E-state index < -0.39 is 24.0 Å². The number of carbonyl (C=O) groups excluding carboxylic acids is 3. The lowest BCUT2D eigenvalue weighted by atomic mass is 9.98. The molecule has 3 rings (SSSR count).